The maximum Gasteiger partial charge on any atom is 0.142 e. The summed E-state index contributed by atoms with van der Waals surface area (Å²) in [5, 5.41) is 0. The summed E-state index contributed by atoms with van der Waals surface area (Å²) in [6.07, 6.45) is 12.5. The Balaban J connectivity index is 1.90. The zero-order chi connectivity index (χ0) is 10.2. The van der Waals surface area contributed by atoms with E-state index in [9.17, 15) is 4.79 Å². The average Bonchev–Trinajstić information content (AvgIpc) is 2.93. The quantitative estimate of drug-likeness (QED) is 0.258. The van der Waals surface area contributed by atoms with Crippen molar-refractivity contribution >= 4 is 6.29 Å². The number of carbonyl (C=O) groups is 1. The van der Waals surface area contributed by atoms with Crippen LogP contribution in [0.4, 0.5) is 0 Å². The van der Waals surface area contributed by atoms with Crippen LogP contribution in [-0.4, -0.2) is 18.5 Å². The summed E-state index contributed by atoms with van der Waals surface area (Å²) in [5.74, 6) is 0. The zero-order valence-corrected chi connectivity index (χ0v) is 8.95. The standard InChI is InChI=1S/C12H20O2/c1-2-3-4-5-6-8-11-12(14-11)9-7-10-13/h7,9-12H,2-6,8H2,1H3/b9-7+/t11-,12-/m0/s1. The molecule has 1 rings (SSSR count). The van der Waals surface area contributed by atoms with Crippen LogP contribution in [0.1, 0.15) is 45.4 Å². The van der Waals surface area contributed by atoms with Crippen LogP contribution in [0, 0.1) is 0 Å². The zero-order valence-electron chi connectivity index (χ0n) is 8.95. The molecule has 0 aliphatic carbocycles. The van der Waals surface area contributed by atoms with Gasteiger partial charge in [0.1, 0.15) is 12.4 Å². The van der Waals surface area contributed by atoms with Crippen molar-refractivity contribution in [1.82, 2.24) is 0 Å². The first kappa shape index (κ1) is 11.4. The molecular formula is C12H20O2. The number of allylic oxidation sites excluding steroid dienone is 1. The first-order chi connectivity index (χ1) is 6.88. The molecule has 1 saturated heterocycles. The molecule has 0 aromatic rings. The van der Waals surface area contributed by atoms with E-state index in [1.54, 1.807) is 0 Å². The van der Waals surface area contributed by atoms with Gasteiger partial charge in [-0.2, -0.15) is 0 Å². The molecule has 1 heterocycles. The molecule has 1 aliphatic rings. The molecule has 0 radical (unpaired) electrons. The summed E-state index contributed by atoms with van der Waals surface area (Å²) in [7, 11) is 0. The van der Waals surface area contributed by atoms with Gasteiger partial charge in [-0.1, -0.05) is 45.1 Å². The van der Waals surface area contributed by atoms with Crippen LogP contribution in [0.2, 0.25) is 0 Å². The van der Waals surface area contributed by atoms with Crippen LogP contribution < -0.4 is 0 Å². The monoisotopic (exact) mass is 196 g/mol. The Kier molecular flexibility index (Phi) is 5.53. The van der Waals surface area contributed by atoms with Crippen LogP contribution in [0.3, 0.4) is 0 Å². The number of ether oxygens (including phenoxy) is 1. The van der Waals surface area contributed by atoms with Gasteiger partial charge in [0, 0.05) is 0 Å². The lowest BCUT2D eigenvalue weighted by atomic mass is 10.1. The van der Waals surface area contributed by atoms with Gasteiger partial charge in [-0.25, -0.2) is 0 Å². The van der Waals surface area contributed by atoms with Gasteiger partial charge in [0.2, 0.25) is 0 Å². The van der Waals surface area contributed by atoms with Gasteiger partial charge in [0.15, 0.2) is 0 Å². The van der Waals surface area contributed by atoms with Crippen molar-refractivity contribution in [1.29, 1.82) is 0 Å². The Morgan fingerprint density at radius 1 is 1.21 bits per heavy atom. The second kappa shape index (κ2) is 6.77. The molecule has 1 aliphatic heterocycles. The lowest BCUT2D eigenvalue weighted by molar-refractivity contribution is -0.104. The molecule has 2 heteroatoms. The van der Waals surface area contributed by atoms with Crippen molar-refractivity contribution in [2.75, 3.05) is 0 Å². The molecule has 14 heavy (non-hydrogen) atoms. The van der Waals surface area contributed by atoms with Gasteiger partial charge >= 0.3 is 0 Å². The topological polar surface area (TPSA) is 29.6 Å². The first-order valence-corrected chi connectivity index (χ1v) is 5.66. The molecule has 0 aromatic heterocycles. The molecule has 0 N–H and O–H groups in total. The minimum absolute atomic E-state index is 0.228. The summed E-state index contributed by atoms with van der Waals surface area (Å²) in [6, 6.07) is 0. The molecule has 0 aromatic carbocycles. The Labute approximate surface area is 86.3 Å². The van der Waals surface area contributed by atoms with Crippen LogP contribution >= 0.6 is 0 Å². The first-order valence-electron chi connectivity index (χ1n) is 5.66. The second-order valence-electron chi connectivity index (χ2n) is 3.86. The van der Waals surface area contributed by atoms with Gasteiger partial charge in [0.25, 0.3) is 0 Å². The molecule has 0 amide bonds. The molecule has 80 valence electrons. The van der Waals surface area contributed by atoms with Gasteiger partial charge in [-0.05, 0) is 12.5 Å². The number of unbranched alkanes of at least 4 members (excludes halogenated alkanes) is 4. The van der Waals surface area contributed by atoms with Crippen molar-refractivity contribution in [3.63, 3.8) is 0 Å². The number of epoxide rings is 1. The van der Waals surface area contributed by atoms with E-state index in [1.165, 1.54) is 38.2 Å². The highest BCUT2D eigenvalue weighted by Crippen LogP contribution is 2.28. The van der Waals surface area contributed by atoms with E-state index in [4.69, 9.17) is 4.74 Å². The van der Waals surface area contributed by atoms with Crippen molar-refractivity contribution in [2.24, 2.45) is 0 Å². The van der Waals surface area contributed by atoms with E-state index in [0.29, 0.717) is 6.10 Å². The van der Waals surface area contributed by atoms with Crippen LogP contribution in [-0.2, 0) is 9.53 Å². The van der Waals surface area contributed by atoms with Crippen molar-refractivity contribution in [3.8, 4) is 0 Å². The van der Waals surface area contributed by atoms with Crippen LogP contribution in [0.25, 0.3) is 0 Å². The molecule has 0 bridgehead atoms. The predicted octanol–water partition coefficient (Wildman–Crippen LogP) is 2.87. The van der Waals surface area contributed by atoms with E-state index in [1.807, 2.05) is 6.08 Å². The van der Waals surface area contributed by atoms with Crippen molar-refractivity contribution in [3.05, 3.63) is 12.2 Å². The van der Waals surface area contributed by atoms with Crippen molar-refractivity contribution in [2.45, 2.75) is 57.7 Å². The summed E-state index contributed by atoms with van der Waals surface area (Å²) in [5.41, 5.74) is 0. The molecule has 2 atom stereocenters. The number of aldehydes is 1. The second-order valence-corrected chi connectivity index (χ2v) is 3.86. The van der Waals surface area contributed by atoms with Gasteiger partial charge in [0.05, 0.1) is 6.10 Å². The third kappa shape index (κ3) is 4.56. The lowest BCUT2D eigenvalue weighted by Crippen LogP contribution is -1.91. The fourth-order valence-electron chi connectivity index (χ4n) is 1.66. The molecule has 2 nitrogen and oxygen atoms in total. The molecule has 0 unspecified atom stereocenters. The fraction of sp³-hybridized carbons (Fsp3) is 0.750. The molecule has 0 spiro atoms. The van der Waals surface area contributed by atoms with Crippen LogP contribution in [0.15, 0.2) is 12.2 Å². The van der Waals surface area contributed by atoms with E-state index in [2.05, 4.69) is 6.92 Å². The SMILES string of the molecule is CCCCCCC[C@@H]1O[C@H]1/C=C/C=O. The van der Waals surface area contributed by atoms with Crippen molar-refractivity contribution < 1.29 is 9.53 Å². The van der Waals surface area contributed by atoms with E-state index < -0.39 is 0 Å². The average molecular weight is 196 g/mol. The van der Waals surface area contributed by atoms with Crippen LogP contribution in [0.5, 0.6) is 0 Å². The van der Waals surface area contributed by atoms with Gasteiger partial charge < -0.3 is 4.74 Å². The third-order valence-corrected chi connectivity index (χ3v) is 2.59. The highest BCUT2D eigenvalue weighted by molar-refractivity contribution is 5.64. The van der Waals surface area contributed by atoms with Gasteiger partial charge in [-0.15, -0.1) is 0 Å². The van der Waals surface area contributed by atoms with E-state index in [0.717, 1.165) is 12.7 Å². The number of hydrogen-bond acceptors (Lipinski definition) is 2. The highest BCUT2D eigenvalue weighted by Gasteiger charge is 2.35. The fourth-order valence-corrected chi connectivity index (χ4v) is 1.66. The molecule has 0 saturated carbocycles. The third-order valence-electron chi connectivity index (χ3n) is 2.59. The van der Waals surface area contributed by atoms with E-state index >= 15 is 0 Å². The lowest BCUT2D eigenvalue weighted by Gasteiger charge is -1.96. The smallest absolute Gasteiger partial charge is 0.142 e. The minimum atomic E-state index is 0.228. The van der Waals surface area contributed by atoms with Gasteiger partial charge in [-0.3, -0.25) is 4.79 Å². The summed E-state index contributed by atoms with van der Waals surface area (Å²) < 4.78 is 5.38. The Hall–Kier alpha value is -0.630. The normalized spacial score (nSPS) is 25.5. The number of hydrogen-bond donors (Lipinski definition) is 0. The largest absolute Gasteiger partial charge is 0.365 e. The number of carbonyl (C=O) groups excluding carboxylic acids is 1. The molecule has 1 fully saturated rings. The predicted molar refractivity (Wildman–Crippen MR) is 57.2 cm³/mol. The summed E-state index contributed by atoms with van der Waals surface area (Å²) in [6.45, 7) is 2.23. The maximum atomic E-state index is 10.0. The Morgan fingerprint density at radius 3 is 2.71 bits per heavy atom. The number of rotatable bonds is 8. The maximum absolute atomic E-state index is 10.0. The minimum Gasteiger partial charge on any atom is -0.365 e. The Morgan fingerprint density at radius 2 is 2.00 bits per heavy atom. The Bertz CT molecular complexity index is 187. The molecular weight excluding hydrogens is 176 g/mol. The summed E-state index contributed by atoms with van der Waals surface area (Å²) in [4.78, 5) is 10.0. The highest BCUT2D eigenvalue weighted by atomic mass is 16.6. The van der Waals surface area contributed by atoms with E-state index in [-0.39, 0.29) is 6.10 Å². The summed E-state index contributed by atoms with van der Waals surface area (Å²) >= 11 is 0.